The molecule has 4 atom stereocenters. The highest BCUT2D eigenvalue weighted by molar-refractivity contribution is 6.22. The zero-order chi connectivity index (χ0) is 22.4. The van der Waals surface area contributed by atoms with E-state index in [1.165, 1.54) is 17.0 Å². The Balaban J connectivity index is 1.21. The van der Waals surface area contributed by atoms with Crippen LogP contribution in [0.15, 0.2) is 60.7 Å². The standard InChI is InChI=1S/C25H22N2O5/c1-14-4-2-3-5-19(14)26-20(28)13-32-25(31)15-8-10-18(11-9-15)27-23(29)21-16-6-7-17(12-16)22(21)24(27)30/h2-11,16-17,21-22H,12-13H2,1H3,(H,26,28)/t16-,17-,21+,22+/m0/s1. The molecule has 0 radical (unpaired) electrons. The van der Waals surface area contributed by atoms with Gasteiger partial charge in [0.1, 0.15) is 0 Å². The molecular formula is C25H22N2O5. The lowest BCUT2D eigenvalue weighted by atomic mass is 9.85. The molecule has 3 amide bonds. The van der Waals surface area contributed by atoms with Crippen LogP contribution in [-0.4, -0.2) is 30.3 Å². The first-order valence-electron chi connectivity index (χ1n) is 10.6. The van der Waals surface area contributed by atoms with Gasteiger partial charge in [-0.05, 0) is 61.1 Å². The zero-order valence-corrected chi connectivity index (χ0v) is 17.5. The molecule has 2 aliphatic carbocycles. The van der Waals surface area contributed by atoms with Crippen LogP contribution in [0.2, 0.25) is 0 Å². The van der Waals surface area contributed by atoms with E-state index in [1.807, 2.05) is 19.1 Å². The quantitative estimate of drug-likeness (QED) is 0.447. The number of rotatable bonds is 5. The van der Waals surface area contributed by atoms with Crippen LogP contribution in [0.1, 0.15) is 22.3 Å². The predicted octanol–water partition coefficient (Wildman–Crippen LogP) is 3.10. The van der Waals surface area contributed by atoms with E-state index in [-0.39, 0.29) is 41.0 Å². The topological polar surface area (TPSA) is 92.8 Å². The molecule has 32 heavy (non-hydrogen) atoms. The molecule has 1 saturated heterocycles. The minimum Gasteiger partial charge on any atom is -0.452 e. The van der Waals surface area contributed by atoms with Gasteiger partial charge in [-0.15, -0.1) is 0 Å². The lowest BCUT2D eigenvalue weighted by molar-refractivity contribution is -0.123. The Morgan fingerprint density at radius 1 is 0.969 bits per heavy atom. The number of amides is 3. The number of allylic oxidation sites excluding steroid dienone is 2. The number of nitrogens with zero attached hydrogens (tertiary/aromatic N) is 1. The van der Waals surface area contributed by atoms with Crippen molar-refractivity contribution in [2.75, 3.05) is 16.8 Å². The van der Waals surface area contributed by atoms with E-state index in [1.54, 1.807) is 24.3 Å². The number of ether oxygens (including phenoxy) is 1. The zero-order valence-electron chi connectivity index (χ0n) is 17.5. The average Bonchev–Trinajstić information content (AvgIpc) is 3.47. The van der Waals surface area contributed by atoms with Gasteiger partial charge in [0, 0.05) is 5.69 Å². The van der Waals surface area contributed by atoms with Crippen molar-refractivity contribution in [3.05, 3.63) is 71.8 Å². The minimum atomic E-state index is -0.658. The van der Waals surface area contributed by atoms with Crippen LogP contribution >= 0.6 is 0 Å². The second-order valence-corrected chi connectivity index (χ2v) is 8.50. The number of aryl methyl sites for hydroxylation is 1. The summed E-state index contributed by atoms with van der Waals surface area (Å²) < 4.78 is 5.10. The molecule has 0 unspecified atom stereocenters. The summed E-state index contributed by atoms with van der Waals surface area (Å²) in [6.07, 6.45) is 4.98. The van der Waals surface area contributed by atoms with Crippen LogP contribution in [0.5, 0.6) is 0 Å². The Morgan fingerprint density at radius 2 is 1.59 bits per heavy atom. The molecule has 2 fully saturated rings. The molecule has 7 heteroatoms. The number of imide groups is 1. The Hall–Kier alpha value is -3.74. The first-order chi connectivity index (χ1) is 15.4. The fraction of sp³-hybridized carbons (Fsp3) is 0.280. The summed E-state index contributed by atoms with van der Waals surface area (Å²) in [6.45, 7) is 1.45. The second-order valence-electron chi connectivity index (χ2n) is 8.50. The number of nitrogens with one attached hydrogen (secondary N) is 1. The first-order valence-corrected chi connectivity index (χ1v) is 10.6. The normalized spacial score (nSPS) is 25.2. The van der Waals surface area contributed by atoms with Gasteiger partial charge in [0.05, 0.1) is 23.1 Å². The number of hydrogen-bond donors (Lipinski definition) is 1. The van der Waals surface area contributed by atoms with Gasteiger partial charge >= 0.3 is 5.97 Å². The Kier molecular flexibility index (Phi) is 4.89. The van der Waals surface area contributed by atoms with Gasteiger partial charge in [-0.25, -0.2) is 4.79 Å². The van der Waals surface area contributed by atoms with E-state index >= 15 is 0 Å². The van der Waals surface area contributed by atoms with E-state index in [4.69, 9.17) is 4.74 Å². The average molecular weight is 430 g/mol. The lowest BCUT2D eigenvalue weighted by Crippen LogP contribution is -2.32. The molecule has 162 valence electrons. The molecule has 0 spiro atoms. The largest absolute Gasteiger partial charge is 0.452 e. The maximum atomic E-state index is 12.9. The van der Waals surface area contributed by atoms with Gasteiger partial charge in [0.2, 0.25) is 11.8 Å². The van der Waals surface area contributed by atoms with Crippen LogP contribution in [-0.2, 0) is 19.1 Å². The molecule has 3 aliphatic rings. The number of anilines is 2. The number of benzene rings is 2. The molecule has 2 aromatic rings. The lowest BCUT2D eigenvalue weighted by Gasteiger charge is -2.17. The first kappa shape index (κ1) is 20.2. The van der Waals surface area contributed by atoms with Crippen LogP contribution in [0.3, 0.4) is 0 Å². The van der Waals surface area contributed by atoms with E-state index in [0.29, 0.717) is 11.4 Å². The smallest absolute Gasteiger partial charge is 0.338 e. The van der Waals surface area contributed by atoms with E-state index in [9.17, 15) is 19.2 Å². The fourth-order valence-electron chi connectivity index (χ4n) is 5.02. The van der Waals surface area contributed by atoms with E-state index < -0.39 is 18.5 Å². The number of para-hydroxylation sites is 1. The van der Waals surface area contributed by atoms with Crippen LogP contribution < -0.4 is 10.2 Å². The summed E-state index contributed by atoms with van der Waals surface area (Å²) in [5.41, 5.74) is 2.24. The van der Waals surface area contributed by atoms with Gasteiger partial charge in [-0.3, -0.25) is 19.3 Å². The predicted molar refractivity (Wildman–Crippen MR) is 117 cm³/mol. The second kappa shape index (κ2) is 7.75. The van der Waals surface area contributed by atoms with Crippen LogP contribution in [0.4, 0.5) is 11.4 Å². The minimum absolute atomic E-state index is 0.145. The molecule has 2 aromatic carbocycles. The molecule has 1 aliphatic heterocycles. The monoisotopic (exact) mass is 430 g/mol. The van der Waals surface area contributed by atoms with Gasteiger partial charge in [0.25, 0.3) is 5.91 Å². The fourth-order valence-corrected chi connectivity index (χ4v) is 5.02. The summed E-state index contributed by atoms with van der Waals surface area (Å²) in [6, 6.07) is 13.4. The van der Waals surface area contributed by atoms with E-state index in [0.717, 1.165) is 12.0 Å². The highest BCUT2D eigenvalue weighted by Gasteiger charge is 2.59. The molecule has 1 saturated carbocycles. The Morgan fingerprint density at radius 3 is 2.22 bits per heavy atom. The third kappa shape index (κ3) is 3.30. The van der Waals surface area contributed by atoms with Crippen LogP contribution in [0, 0.1) is 30.6 Å². The maximum Gasteiger partial charge on any atom is 0.338 e. The highest BCUT2D eigenvalue weighted by atomic mass is 16.5. The number of fused-ring (bicyclic) bond motifs is 5. The Labute approximate surface area is 185 Å². The highest BCUT2D eigenvalue weighted by Crippen LogP contribution is 2.53. The van der Waals surface area contributed by atoms with Gasteiger partial charge < -0.3 is 10.1 Å². The number of carbonyl (C=O) groups is 4. The molecule has 2 bridgehead atoms. The van der Waals surface area contributed by atoms with Gasteiger partial charge in [0.15, 0.2) is 6.61 Å². The third-order valence-corrected chi connectivity index (χ3v) is 6.59. The maximum absolute atomic E-state index is 12.9. The van der Waals surface area contributed by atoms with Crippen molar-refractivity contribution in [1.82, 2.24) is 0 Å². The molecule has 5 rings (SSSR count). The van der Waals surface area contributed by atoms with Crippen molar-refractivity contribution < 1.29 is 23.9 Å². The van der Waals surface area contributed by atoms with Crippen LogP contribution in [0.25, 0.3) is 0 Å². The molecule has 7 nitrogen and oxygen atoms in total. The van der Waals surface area contributed by atoms with Gasteiger partial charge in [-0.1, -0.05) is 30.4 Å². The van der Waals surface area contributed by atoms with Crippen molar-refractivity contribution in [3.63, 3.8) is 0 Å². The molecular weight excluding hydrogens is 408 g/mol. The van der Waals surface area contributed by atoms with Gasteiger partial charge in [-0.2, -0.15) is 0 Å². The molecule has 0 aromatic heterocycles. The summed E-state index contributed by atoms with van der Waals surface area (Å²) in [5, 5.41) is 2.70. The van der Waals surface area contributed by atoms with Crippen molar-refractivity contribution in [2.45, 2.75) is 13.3 Å². The van der Waals surface area contributed by atoms with Crippen molar-refractivity contribution in [2.24, 2.45) is 23.7 Å². The number of esters is 1. The van der Waals surface area contributed by atoms with E-state index in [2.05, 4.69) is 17.5 Å². The van der Waals surface area contributed by atoms with Crippen molar-refractivity contribution in [1.29, 1.82) is 0 Å². The number of carbonyl (C=O) groups excluding carboxylic acids is 4. The van der Waals surface area contributed by atoms with Crippen molar-refractivity contribution in [3.8, 4) is 0 Å². The molecule has 1 heterocycles. The third-order valence-electron chi connectivity index (χ3n) is 6.59. The summed E-state index contributed by atoms with van der Waals surface area (Å²) in [7, 11) is 0. The Bertz CT molecular complexity index is 1120. The van der Waals surface area contributed by atoms with Crippen molar-refractivity contribution >= 4 is 35.1 Å². The summed E-state index contributed by atoms with van der Waals surface area (Å²) >= 11 is 0. The molecule has 1 N–H and O–H groups in total. The SMILES string of the molecule is Cc1ccccc1NC(=O)COC(=O)c1ccc(N2C(=O)[C@H]3[C@H](C2=O)[C@H]2C=C[C@H]3C2)cc1. The summed E-state index contributed by atoms with van der Waals surface area (Å²) in [4.78, 5) is 51.4. The number of hydrogen-bond acceptors (Lipinski definition) is 5. The summed E-state index contributed by atoms with van der Waals surface area (Å²) in [5.74, 6) is -1.68.